The van der Waals surface area contributed by atoms with Crippen LogP contribution in [0.3, 0.4) is 0 Å². The van der Waals surface area contributed by atoms with Crippen LogP contribution in [-0.4, -0.2) is 11.7 Å². The number of benzene rings is 6. The lowest BCUT2D eigenvalue weighted by atomic mass is 9.92. The molecular formula is C38H26N4. The number of hydrogen-bond donors (Lipinski definition) is 1. The van der Waals surface area contributed by atoms with Crippen molar-refractivity contribution in [1.82, 2.24) is 5.32 Å². The molecule has 0 radical (unpaired) electrons. The van der Waals surface area contributed by atoms with E-state index >= 15 is 0 Å². The predicted molar refractivity (Wildman–Crippen MR) is 171 cm³/mol. The van der Waals surface area contributed by atoms with Gasteiger partial charge in [0.1, 0.15) is 12.0 Å². The highest BCUT2D eigenvalue weighted by Crippen LogP contribution is 2.35. The molecule has 0 saturated heterocycles. The molecule has 6 aromatic carbocycles. The van der Waals surface area contributed by atoms with Crippen molar-refractivity contribution in [3.05, 3.63) is 168 Å². The van der Waals surface area contributed by atoms with Crippen molar-refractivity contribution in [1.29, 1.82) is 5.26 Å². The summed E-state index contributed by atoms with van der Waals surface area (Å²) in [6.07, 6.45) is -0.266. The van der Waals surface area contributed by atoms with E-state index in [1.807, 2.05) is 72.8 Å². The first-order chi connectivity index (χ1) is 20.8. The Bertz CT molecular complexity index is 1980. The molecule has 0 aliphatic carbocycles. The highest BCUT2D eigenvalue weighted by molar-refractivity contribution is 6.13. The Morgan fingerprint density at radius 3 is 1.64 bits per heavy atom. The van der Waals surface area contributed by atoms with Gasteiger partial charge >= 0.3 is 0 Å². The number of amidine groups is 2. The summed E-state index contributed by atoms with van der Waals surface area (Å²) in [5.74, 6) is 1.52. The first-order valence-corrected chi connectivity index (χ1v) is 13.9. The van der Waals surface area contributed by atoms with Gasteiger partial charge in [-0.2, -0.15) is 5.26 Å². The largest absolute Gasteiger partial charge is 0.344 e. The number of nitriles is 1. The Morgan fingerprint density at radius 1 is 0.524 bits per heavy atom. The van der Waals surface area contributed by atoms with E-state index < -0.39 is 0 Å². The van der Waals surface area contributed by atoms with Gasteiger partial charge in [0.25, 0.3) is 0 Å². The van der Waals surface area contributed by atoms with E-state index in [0.717, 1.165) is 39.2 Å². The van der Waals surface area contributed by atoms with Crippen molar-refractivity contribution in [3.63, 3.8) is 0 Å². The van der Waals surface area contributed by atoms with Crippen LogP contribution < -0.4 is 5.32 Å². The molecule has 0 saturated carbocycles. The molecule has 42 heavy (non-hydrogen) atoms. The summed E-state index contributed by atoms with van der Waals surface area (Å²) < 4.78 is 0. The van der Waals surface area contributed by atoms with E-state index in [1.54, 1.807) is 0 Å². The zero-order valence-corrected chi connectivity index (χ0v) is 22.8. The van der Waals surface area contributed by atoms with Crippen LogP contribution in [0, 0.1) is 11.3 Å². The number of nitrogens with one attached hydrogen (secondary N) is 1. The van der Waals surface area contributed by atoms with Crippen LogP contribution in [0.5, 0.6) is 0 Å². The summed E-state index contributed by atoms with van der Waals surface area (Å²) in [5.41, 5.74) is 8.30. The first-order valence-electron chi connectivity index (χ1n) is 13.9. The van der Waals surface area contributed by atoms with E-state index in [9.17, 15) is 5.26 Å². The quantitative estimate of drug-likeness (QED) is 0.239. The fourth-order valence-electron chi connectivity index (χ4n) is 5.46. The van der Waals surface area contributed by atoms with Crippen LogP contribution in [0.1, 0.15) is 28.4 Å². The summed E-state index contributed by atoms with van der Waals surface area (Å²) in [7, 11) is 0. The zero-order valence-electron chi connectivity index (χ0n) is 22.8. The summed E-state index contributed by atoms with van der Waals surface area (Å²) in [4.78, 5) is 9.89. The predicted octanol–water partition coefficient (Wildman–Crippen LogP) is 8.54. The fraction of sp³-hybridized carbons (Fsp3) is 0.0263. The van der Waals surface area contributed by atoms with Gasteiger partial charge in [0.05, 0.1) is 11.6 Å². The topological polar surface area (TPSA) is 60.5 Å². The van der Waals surface area contributed by atoms with Gasteiger partial charge in [-0.25, -0.2) is 9.98 Å². The maximum atomic E-state index is 9.20. The van der Waals surface area contributed by atoms with Gasteiger partial charge in [-0.05, 0) is 50.7 Å². The minimum atomic E-state index is -0.266. The Morgan fingerprint density at radius 2 is 1.07 bits per heavy atom. The monoisotopic (exact) mass is 538 g/mol. The summed E-state index contributed by atoms with van der Waals surface area (Å²) in [6.45, 7) is 0. The lowest BCUT2D eigenvalue weighted by Crippen LogP contribution is -2.33. The van der Waals surface area contributed by atoms with E-state index in [0.29, 0.717) is 11.4 Å². The van der Waals surface area contributed by atoms with Crippen molar-refractivity contribution in [3.8, 4) is 28.3 Å². The van der Waals surface area contributed by atoms with Gasteiger partial charge in [-0.1, -0.05) is 133 Å². The summed E-state index contributed by atoms with van der Waals surface area (Å²) in [5, 5.41) is 15.1. The molecule has 0 fully saturated rings. The Labute approximate surface area is 245 Å². The van der Waals surface area contributed by atoms with Crippen LogP contribution in [0.2, 0.25) is 0 Å². The van der Waals surface area contributed by atoms with Gasteiger partial charge in [0.2, 0.25) is 0 Å². The Hall–Kier alpha value is -5.79. The molecular weight excluding hydrogens is 512 g/mol. The Kier molecular flexibility index (Phi) is 6.60. The minimum absolute atomic E-state index is 0.266. The molecule has 0 aromatic heterocycles. The van der Waals surface area contributed by atoms with Crippen LogP contribution in [0.25, 0.3) is 33.0 Å². The lowest BCUT2D eigenvalue weighted by molar-refractivity contribution is 0.674. The van der Waals surface area contributed by atoms with Gasteiger partial charge in [-0.3, -0.25) is 0 Å². The average molecular weight is 539 g/mol. The maximum absolute atomic E-state index is 9.20. The molecule has 6 aromatic rings. The molecule has 4 nitrogen and oxygen atoms in total. The SMILES string of the molecule is N#Cc1ccc(-c2cccc3c(-c4ccc(C5N=C(c6ccccc6)N=C(c6ccccc6)N5)cc4)cccc23)cc1. The normalized spacial score (nSPS) is 14.4. The molecule has 4 heteroatoms. The van der Waals surface area contributed by atoms with E-state index in [1.165, 1.54) is 16.3 Å². The number of hydrogen-bond acceptors (Lipinski definition) is 4. The van der Waals surface area contributed by atoms with Gasteiger partial charge in [0, 0.05) is 11.1 Å². The molecule has 1 aliphatic rings. The smallest absolute Gasteiger partial charge is 0.159 e. The molecule has 7 rings (SSSR count). The molecule has 0 amide bonds. The first kappa shape index (κ1) is 25.2. The van der Waals surface area contributed by atoms with Gasteiger partial charge in [-0.15, -0.1) is 0 Å². The minimum Gasteiger partial charge on any atom is -0.344 e. The van der Waals surface area contributed by atoms with Crippen molar-refractivity contribution >= 4 is 22.4 Å². The average Bonchev–Trinajstić information content (AvgIpc) is 3.08. The summed E-state index contributed by atoms with van der Waals surface area (Å²) in [6, 6.07) is 51.8. The number of fused-ring (bicyclic) bond motifs is 1. The van der Waals surface area contributed by atoms with Crippen LogP contribution in [0.15, 0.2) is 156 Å². The maximum Gasteiger partial charge on any atom is 0.159 e. The second-order valence-electron chi connectivity index (χ2n) is 10.2. The highest BCUT2D eigenvalue weighted by Gasteiger charge is 2.21. The molecule has 0 bridgehead atoms. The van der Waals surface area contributed by atoms with E-state index in [2.05, 4.69) is 84.2 Å². The summed E-state index contributed by atoms with van der Waals surface area (Å²) >= 11 is 0. The fourth-order valence-corrected chi connectivity index (χ4v) is 5.46. The standard InChI is InChI=1S/C38H26N4/c39-25-26-17-19-27(20-18-26)32-13-7-16-35-33(14-8-15-34(32)35)28-21-23-31(24-22-28)38-41-36(29-9-3-1-4-10-29)40-37(42-38)30-11-5-2-6-12-30/h1-24,38H,(H,40,41,42). The van der Waals surface area contributed by atoms with Crippen molar-refractivity contribution in [2.75, 3.05) is 0 Å². The molecule has 198 valence electrons. The molecule has 0 spiro atoms. The molecule has 1 N–H and O–H groups in total. The highest BCUT2D eigenvalue weighted by atomic mass is 15.2. The van der Waals surface area contributed by atoms with Gasteiger partial charge < -0.3 is 5.32 Å². The van der Waals surface area contributed by atoms with Crippen molar-refractivity contribution < 1.29 is 0 Å². The third-order valence-electron chi connectivity index (χ3n) is 7.61. The zero-order chi connectivity index (χ0) is 28.3. The number of rotatable bonds is 5. The van der Waals surface area contributed by atoms with Gasteiger partial charge in [0.15, 0.2) is 5.84 Å². The third kappa shape index (κ3) is 4.85. The lowest BCUT2D eigenvalue weighted by Gasteiger charge is -2.24. The molecule has 1 atom stereocenters. The van der Waals surface area contributed by atoms with Crippen LogP contribution in [-0.2, 0) is 0 Å². The molecule has 1 unspecified atom stereocenters. The number of nitrogens with zero attached hydrogens (tertiary/aromatic N) is 3. The second kappa shape index (κ2) is 11.0. The second-order valence-corrected chi connectivity index (χ2v) is 10.2. The van der Waals surface area contributed by atoms with E-state index in [4.69, 9.17) is 9.98 Å². The molecule has 1 aliphatic heterocycles. The van der Waals surface area contributed by atoms with Crippen molar-refractivity contribution in [2.45, 2.75) is 6.17 Å². The number of aliphatic imine (C=N–C) groups is 2. The Balaban J connectivity index is 1.24. The molecule has 1 heterocycles. The van der Waals surface area contributed by atoms with Crippen LogP contribution in [0.4, 0.5) is 0 Å². The van der Waals surface area contributed by atoms with Crippen molar-refractivity contribution in [2.24, 2.45) is 9.98 Å². The van der Waals surface area contributed by atoms with Crippen LogP contribution >= 0.6 is 0 Å². The van der Waals surface area contributed by atoms with E-state index in [-0.39, 0.29) is 6.17 Å². The third-order valence-corrected chi connectivity index (χ3v) is 7.61.